The van der Waals surface area contributed by atoms with Crippen LogP contribution in [-0.2, 0) is 0 Å². The lowest BCUT2D eigenvalue weighted by molar-refractivity contribution is -0.383. The van der Waals surface area contributed by atoms with E-state index in [1.54, 1.807) is 19.1 Å². The van der Waals surface area contributed by atoms with E-state index in [1.807, 2.05) is 0 Å². The molecule has 0 amide bonds. The number of nitro groups is 1. The average Bonchev–Trinajstić information content (AvgIpc) is 2.60. The van der Waals surface area contributed by atoms with Crippen molar-refractivity contribution >= 4 is 16.7 Å². The third-order valence-electron chi connectivity index (χ3n) is 2.10. The van der Waals surface area contributed by atoms with E-state index in [2.05, 4.69) is 9.97 Å². The van der Waals surface area contributed by atoms with Crippen LogP contribution < -0.4 is 0 Å². The molecule has 1 aromatic carbocycles. The van der Waals surface area contributed by atoms with Gasteiger partial charge in [0.25, 0.3) is 5.69 Å². The molecule has 6 nitrogen and oxygen atoms in total. The van der Waals surface area contributed by atoms with Crippen molar-refractivity contribution in [2.75, 3.05) is 0 Å². The number of aliphatic hydroxyl groups excluding tert-OH is 1. The number of hydrogen-bond acceptors (Lipinski definition) is 4. The van der Waals surface area contributed by atoms with Crippen molar-refractivity contribution in [2.45, 2.75) is 13.0 Å². The molecule has 15 heavy (non-hydrogen) atoms. The minimum atomic E-state index is -0.767. The van der Waals surface area contributed by atoms with Gasteiger partial charge in [-0.05, 0) is 13.0 Å². The van der Waals surface area contributed by atoms with Gasteiger partial charge in [-0.1, -0.05) is 6.07 Å². The second kappa shape index (κ2) is 3.32. The summed E-state index contributed by atoms with van der Waals surface area (Å²) in [4.78, 5) is 17.0. The van der Waals surface area contributed by atoms with Gasteiger partial charge in [0.1, 0.15) is 11.9 Å². The van der Waals surface area contributed by atoms with Crippen LogP contribution in [0.15, 0.2) is 18.2 Å². The Labute approximate surface area is 84.7 Å². The zero-order valence-corrected chi connectivity index (χ0v) is 7.97. The van der Waals surface area contributed by atoms with Crippen LogP contribution in [0.4, 0.5) is 5.69 Å². The Morgan fingerprint density at radius 3 is 2.93 bits per heavy atom. The highest BCUT2D eigenvalue weighted by atomic mass is 16.6. The molecule has 0 aliphatic rings. The molecular weight excluding hydrogens is 198 g/mol. The molecule has 2 aromatic rings. The lowest BCUT2D eigenvalue weighted by atomic mass is 10.3. The summed E-state index contributed by atoms with van der Waals surface area (Å²) >= 11 is 0. The number of hydrogen-bond donors (Lipinski definition) is 2. The molecule has 0 unspecified atom stereocenters. The molecule has 6 heteroatoms. The number of benzene rings is 1. The number of para-hydroxylation sites is 1. The van der Waals surface area contributed by atoms with Crippen LogP contribution in [0.5, 0.6) is 0 Å². The van der Waals surface area contributed by atoms with Gasteiger partial charge < -0.3 is 10.1 Å². The van der Waals surface area contributed by atoms with Gasteiger partial charge in [-0.2, -0.15) is 0 Å². The van der Waals surface area contributed by atoms with Crippen molar-refractivity contribution in [2.24, 2.45) is 0 Å². The Hall–Kier alpha value is -1.95. The second-order valence-corrected chi connectivity index (χ2v) is 3.23. The zero-order valence-electron chi connectivity index (χ0n) is 7.97. The number of non-ortho nitro benzene ring substituents is 1. The molecule has 0 saturated carbocycles. The van der Waals surface area contributed by atoms with E-state index in [1.165, 1.54) is 6.07 Å². The van der Waals surface area contributed by atoms with Crippen LogP contribution in [-0.4, -0.2) is 20.0 Å². The first kappa shape index (κ1) is 9.60. The van der Waals surface area contributed by atoms with Gasteiger partial charge in [0.2, 0.25) is 0 Å². The molecule has 1 heterocycles. The topological polar surface area (TPSA) is 92.1 Å². The Morgan fingerprint density at radius 1 is 1.60 bits per heavy atom. The maximum atomic E-state index is 10.7. The summed E-state index contributed by atoms with van der Waals surface area (Å²) in [6.45, 7) is 1.55. The van der Waals surface area contributed by atoms with Crippen molar-refractivity contribution in [1.29, 1.82) is 0 Å². The summed E-state index contributed by atoms with van der Waals surface area (Å²) in [6.07, 6.45) is -0.767. The van der Waals surface area contributed by atoms with E-state index in [4.69, 9.17) is 0 Å². The Balaban J connectivity index is 2.70. The number of aromatic nitrogens is 2. The third-order valence-corrected chi connectivity index (χ3v) is 2.10. The average molecular weight is 207 g/mol. The molecule has 0 fully saturated rings. The Kier molecular flexibility index (Phi) is 2.12. The monoisotopic (exact) mass is 207 g/mol. The number of H-pyrrole nitrogens is 1. The first-order chi connectivity index (χ1) is 7.09. The molecule has 1 aromatic heterocycles. The molecule has 78 valence electrons. The molecule has 0 bridgehead atoms. The summed E-state index contributed by atoms with van der Waals surface area (Å²) in [5, 5.41) is 20.0. The van der Waals surface area contributed by atoms with Crippen LogP contribution in [0, 0.1) is 10.1 Å². The maximum Gasteiger partial charge on any atom is 0.297 e. The number of aliphatic hydroxyl groups is 1. The lowest BCUT2D eigenvalue weighted by Crippen LogP contribution is -1.93. The Morgan fingerprint density at radius 2 is 2.33 bits per heavy atom. The molecule has 1 atom stereocenters. The standard InChI is InChI=1S/C9H9N3O3/c1-5(13)9-10-6-3-2-4-7(12(14)15)8(6)11-9/h2-5,13H,1H3,(H,10,11)/t5-/m0/s1. The molecule has 0 spiro atoms. The summed E-state index contributed by atoms with van der Waals surface area (Å²) in [5.74, 6) is 0.333. The highest BCUT2D eigenvalue weighted by Crippen LogP contribution is 2.24. The number of nitro benzene ring substituents is 1. The fourth-order valence-corrected chi connectivity index (χ4v) is 1.38. The van der Waals surface area contributed by atoms with Gasteiger partial charge in [-0.25, -0.2) is 4.98 Å². The quantitative estimate of drug-likeness (QED) is 0.576. The molecule has 0 saturated heterocycles. The highest BCUT2D eigenvalue weighted by Gasteiger charge is 2.16. The summed E-state index contributed by atoms with van der Waals surface area (Å²) in [7, 11) is 0. The van der Waals surface area contributed by atoms with Gasteiger partial charge in [0, 0.05) is 6.07 Å². The summed E-state index contributed by atoms with van der Waals surface area (Å²) in [6, 6.07) is 4.64. The first-order valence-corrected chi connectivity index (χ1v) is 4.40. The van der Waals surface area contributed by atoms with E-state index in [0.29, 0.717) is 11.3 Å². The van der Waals surface area contributed by atoms with Gasteiger partial charge >= 0.3 is 0 Å². The van der Waals surface area contributed by atoms with Crippen molar-refractivity contribution < 1.29 is 10.0 Å². The van der Waals surface area contributed by atoms with Crippen LogP contribution in [0.1, 0.15) is 18.9 Å². The van der Waals surface area contributed by atoms with Gasteiger partial charge in [-0.15, -0.1) is 0 Å². The van der Waals surface area contributed by atoms with Crippen LogP contribution in [0.2, 0.25) is 0 Å². The van der Waals surface area contributed by atoms with Gasteiger partial charge in [0.05, 0.1) is 10.4 Å². The van der Waals surface area contributed by atoms with Crippen LogP contribution >= 0.6 is 0 Å². The van der Waals surface area contributed by atoms with Crippen molar-refractivity contribution in [1.82, 2.24) is 9.97 Å². The first-order valence-electron chi connectivity index (χ1n) is 4.40. The predicted octanol–water partition coefficient (Wildman–Crippen LogP) is 1.52. The van der Waals surface area contributed by atoms with Crippen LogP contribution in [0.3, 0.4) is 0 Å². The van der Waals surface area contributed by atoms with E-state index in [0.717, 1.165) is 0 Å². The molecule has 0 aliphatic heterocycles. The van der Waals surface area contributed by atoms with E-state index in [9.17, 15) is 15.2 Å². The lowest BCUT2D eigenvalue weighted by Gasteiger charge is -1.95. The number of nitrogens with one attached hydrogen (secondary N) is 1. The number of imidazole rings is 1. The van der Waals surface area contributed by atoms with E-state index >= 15 is 0 Å². The summed E-state index contributed by atoms with van der Waals surface area (Å²) < 4.78 is 0. The van der Waals surface area contributed by atoms with Gasteiger partial charge in [0.15, 0.2) is 5.52 Å². The third kappa shape index (κ3) is 1.55. The molecule has 2 N–H and O–H groups in total. The molecule has 2 rings (SSSR count). The predicted molar refractivity (Wildman–Crippen MR) is 53.4 cm³/mol. The minimum Gasteiger partial charge on any atom is -0.385 e. The largest absolute Gasteiger partial charge is 0.385 e. The number of aromatic amines is 1. The minimum absolute atomic E-state index is 0.0596. The number of rotatable bonds is 2. The highest BCUT2D eigenvalue weighted by molar-refractivity contribution is 5.84. The summed E-state index contributed by atoms with van der Waals surface area (Å²) in [5.41, 5.74) is 0.772. The van der Waals surface area contributed by atoms with Crippen molar-refractivity contribution in [3.8, 4) is 0 Å². The molecule has 0 aliphatic carbocycles. The van der Waals surface area contributed by atoms with E-state index in [-0.39, 0.29) is 11.2 Å². The fourth-order valence-electron chi connectivity index (χ4n) is 1.38. The normalized spacial score (nSPS) is 12.9. The zero-order chi connectivity index (χ0) is 11.0. The Bertz CT molecular complexity index is 518. The van der Waals surface area contributed by atoms with E-state index < -0.39 is 11.0 Å². The smallest absolute Gasteiger partial charge is 0.297 e. The molecular formula is C9H9N3O3. The second-order valence-electron chi connectivity index (χ2n) is 3.23. The molecule has 0 radical (unpaired) electrons. The van der Waals surface area contributed by atoms with Crippen LogP contribution in [0.25, 0.3) is 11.0 Å². The fraction of sp³-hybridized carbons (Fsp3) is 0.222. The maximum absolute atomic E-state index is 10.7. The number of fused-ring (bicyclic) bond motifs is 1. The van der Waals surface area contributed by atoms with Crippen molar-refractivity contribution in [3.63, 3.8) is 0 Å². The SMILES string of the molecule is C[C@H](O)c1nc2c([N+](=O)[O-])cccc2[nH]1. The number of nitrogens with zero attached hydrogens (tertiary/aromatic N) is 2. The van der Waals surface area contributed by atoms with Crippen molar-refractivity contribution in [3.05, 3.63) is 34.1 Å². The van der Waals surface area contributed by atoms with Gasteiger partial charge in [-0.3, -0.25) is 10.1 Å².